The molecule has 4 aliphatic carbocycles. The van der Waals surface area contributed by atoms with Gasteiger partial charge < -0.3 is 0 Å². The molecule has 4 aliphatic rings. The van der Waals surface area contributed by atoms with E-state index in [1.807, 2.05) is 0 Å². The smallest absolute Gasteiger partial charge is 0.136 e. The fourth-order valence-electron chi connectivity index (χ4n) is 7.43. The maximum absolute atomic E-state index is 12.1. The standard InChI is InChI=1S/C28H42O/c1-18(2)19(3)7-8-20(4)24-11-12-25-23-10-9-21-17-22(29)13-15-27(21,5)26(23)14-16-28(24,25)6/h7-10,18-20,24-26H,11-17H2,1-6H3/t19-,20+,24+,25-,26+,27+,28+/m0/s1. The Kier molecular flexibility index (Phi) is 5.50. The second kappa shape index (κ2) is 7.54. The molecular weight excluding hydrogens is 352 g/mol. The summed E-state index contributed by atoms with van der Waals surface area (Å²) in [5, 5.41) is 0. The van der Waals surface area contributed by atoms with E-state index in [9.17, 15) is 4.79 Å². The lowest BCUT2D eigenvalue weighted by molar-refractivity contribution is -0.120. The number of fused-ring (bicyclic) bond motifs is 5. The van der Waals surface area contributed by atoms with Crippen molar-refractivity contribution >= 4 is 5.78 Å². The lowest BCUT2D eigenvalue weighted by atomic mass is 9.50. The minimum absolute atomic E-state index is 0.246. The van der Waals surface area contributed by atoms with Gasteiger partial charge in [-0.3, -0.25) is 4.79 Å². The van der Waals surface area contributed by atoms with Gasteiger partial charge in [0.25, 0.3) is 0 Å². The minimum Gasteiger partial charge on any atom is -0.299 e. The zero-order chi connectivity index (χ0) is 21.0. The molecule has 3 fully saturated rings. The molecule has 0 aromatic heterocycles. The van der Waals surface area contributed by atoms with Gasteiger partial charge in [-0.05, 0) is 78.4 Å². The van der Waals surface area contributed by atoms with Gasteiger partial charge in [-0.15, -0.1) is 0 Å². The number of ketones is 1. The van der Waals surface area contributed by atoms with Gasteiger partial charge in [-0.2, -0.15) is 0 Å². The molecule has 1 nitrogen and oxygen atoms in total. The minimum atomic E-state index is 0.246. The Morgan fingerprint density at radius 1 is 0.966 bits per heavy atom. The highest BCUT2D eigenvalue weighted by molar-refractivity contribution is 5.83. The van der Waals surface area contributed by atoms with Crippen LogP contribution in [0.5, 0.6) is 0 Å². The topological polar surface area (TPSA) is 17.1 Å². The summed E-state index contributed by atoms with van der Waals surface area (Å²) in [6.45, 7) is 14.5. The van der Waals surface area contributed by atoms with Crippen molar-refractivity contribution in [2.45, 2.75) is 86.5 Å². The van der Waals surface area contributed by atoms with E-state index in [0.29, 0.717) is 35.4 Å². The summed E-state index contributed by atoms with van der Waals surface area (Å²) in [7, 11) is 0. The summed E-state index contributed by atoms with van der Waals surface area (Å²) in [6, 6.07) is 0. The lowest BCUT2D eigenvalue weighted by Gasteiger charge is -2.54. The number of carbonyl (C=O) groups is 1. The Morgan fingerprint density at radius 2 is 1.72 bits per heavy atom. The van der Waals surface area contributed by atoms with Crippen LogP contribution in [-0.4, -0.2) is 5.78 Å². The Labute approximate surface area is 179 Å². The third kappa shape index (κ3) is 3.41. The third-order valence-corrected chi connectivity index (χ3v) is 9.88. The first kappa shape index (κ1) is 21.1. The quantitative estimate of drug-likeness (QED) is 0.450. The molecule has 3 saturated carbocycles. The van der Waals surface area contributed by atoms with Gasteiger partial charge in [-0.25, -0.2) is 0 Å². The van der Waals surface area contributed by atoms with E-state index >= 15 is 0 Å². The van der Waals surface area contributed by atoms with Crippen molar-refractivity contribution in [3.63, 3.8) is 0 Å². The van der Waals surface area contributed by atoms with E-state index in [-0.39, 0.29) is 5.41 Å². The van der Waals surface area contributed by atoms with Crippen molar-refractivity contribution in [3.8, 4) is 0 Å². The normalized spacial score (nSPS) is 41.5. The average molecular weight is 395 g/mol. The molecule has 0 aromatic rings. The molecule has 0 aromatic carbocycles. The van der Waals surface area contributed by atoms with Crippen LogP contribution in [0.3, 0.4) is 0 Å². The molecule has 0 spiro atoms. The number of hydrogen-bond acceptors (Lipinski definition) is 1. The molecule has 160 valence electrons. The molecule has 0 aliphatic heterocycles. The second-order valence-electron chi connectivity index (χ2n) is 11.7. The van der Waals surface area contributed by atoms with Crippen molar-refractivity contribution in [1.29, 1.82) is 0 Å². The fourth-order valence-corrected chi connectivity index (χ4v) is 7.43. The van der Waals surface area contributed by atoms with Gasteiger partial charge in [-0.1, -0.05) is 77.0 Å². The number of rotatable bonds is 4. The van der Waals surface area contributed by atoms with Gasteiger partial charge in [0.2, 0.25) is 0 Å². The number of allylic oxidation sites excluding steroid dienone is 6. The highest BCUT2D eigenvalue weighted by Crippen LogP contribution is 2.65. The van der Waals surface area contributed by atoms with E-state index in [1.54, 1.807) is 5.57 Å². The maximum atomic E-state index is 12.1. The van der Waals surface area contributed by atoms with Crippen LogP contribution in [0, 0.1) is 46.3 Å². The molecular formula is C28H42O. The molecule has 0 heterocycles. The molecule has 0 amide bonds. The molecule has 0 bridgehead atoms. The number of Topliss-reactive ketones (excluding diaryl/α,β-unsaturated/α-hetero) is 1. The van der Waals surface area contributed by atoms with E-state index in [4.69, 9.17) is 0 Å². The average Bonchev–Trinajstić information content (AvgIpc) is 3.03. The van der Waals surface area contributed by atoms with Crippen molar-refractivity contribution < 1.29 is 4.79 Å². The first-order valence-corrected chi connectivity index (χ1v) is 12.3. The van der Waals surface area contributed by atoms with E-state index in [0.717, 1.165) is 30.6 Å². The number of carbonyl (C=O) groups excluding carboxylic acids is 1. The SMILES string of the molecule is CC(C)[C@@H](C)C=C[C@@H](C)[C@H]1CC[C@H]2C3=CC=C4CC(=O)CC[C@@]4(C)[C@@H]3CC[C@]12C. The number of hydrogen-bond donors (Lipinski definition) is 0. The highest BCUT2D eigenvalue weighted by Gasteiger charge is 2.56. The first-order valence-electron chi connectivity index (χ1n) is 12.3. The predicted molar refractivity (Wildman–Crippen MR) is 122 cm³/mol. The second-order valence-corrected chi connectivity index (χ2v) is 11.7. The maximum Gasteiger partial charge on any atom is 0.136 e. The van der Waals surface area contributed by atoms with Gasteiger partial charge in [0.1, 0.15) is 5.78 Å². The van der Waals surface area contributed by atoms with Gasteiger partial charge >= 0.3 is 0 Å². The Bertz CT molecular complexity index is 752. The summed E-state index contributed by atoms with van der Waals surface area (Å²) in [4.78, 5) is 12.1. The van der Waals surface area contributed by atoms with E-state index in [2.05, 4.69) is 65.8 Å². The van der Waals surface area contributed by atoms with Gasteiger partial charge in [0, 0.05) is 12.8 Å². The highest BCUT2D eigenvalue weighted by atomic mass is 16.1. The van der Waals surface area contributed by atoms with Crippen LogP contribution in [0.2, 0.25) is 0 Å². The molecule has 29 heavy (non-hydrogen) atoms. The van der Waals surface area contributed by atoms with E-state index in [1.165, 1.54) is 31.3 Å². The first-order chi connectivity index (χ1) is 13.7. The summed E-state index contributed by atoms with van der Waals surface area (Å²) in [5.74, 6) is 4.73. The molecule has 0 saturated heterocycles. The van der Waals surface area contributed by atoms with Crippen LogP contribution < -0.4 is 0 Å². The van der Waals surface area contributed by atoms with Crippen LogP contribution in [0.15, 0.2) is 35.5 Å². The van der Waals surface area contributed by atoms with Gasteiger partial charge in [0.05, 0.1) is 0 Å². The van der Waals surface area contributed by atoms with Crippen LogP contribution in [0.1, 0.15) is 86.5 Å². The Hall–Kier alpha value is -1.11. The predicted octanol–water partition coefficient (Wildman–Crippen LogP) is 7.54. The summed E-state index contributed by atoms with van der Waals surface area (Å²) >= 11 is 0. The van der Waals surface area contributed by atoms with E-state index < -0.39 is 0 Å². The van der Waals surface area contributed by atoms with Crippen LogP contribution in [0.25, 0.3) is 0 Å². The van der Waals surface area contributed by atoms with Gasteiger partial charge in [0.15, 0.2) is 0 Å². The zero-order valence-electron chi connectivity index (χ0n) is 19.6. The van der Waals surface area contributed by atoms with Crippen molar-refractivity contribution in [2.24, 2.45) is 46.3 Å². The Balaban J connectivity index is 1.57. The molecule has 0 radical (unpaired) electrons. The molecule has 7 atom stereocenters. The van der Waals surface area contributed by atoms with Crippen LogP contribution >= 0.6 is 0 Å². The summed E-state index contributed by atoms with van der Waals surface area (Å²) in [5.41, 5.74) is 3.86. The molecule has 0 N–H and O–H groups in total. The fraction of sp³-hybridized carbons (Fsp3) is 0.750. The largest absolute Gasteiger partial charge is 0.299 e. The molecule has 4 rings (SSSR count). The molecule has 1 heteroatoms. The van der Waals surface area contributed by atoms with Crippen LogP contribution in [0.4, 0.5) is 0 Å². The molecule has 0 unspecified atom stereocenters. The third-order valence-electron chi connectivity index (χ3n) is 9.88. The zero-order valence-corrected chi connectivity index (χ0v) is 19.6. The lowest BCUT2D eigenvalue weighted by Crippen LogP contribution is -2.46. The monoisotopic (exact) mass is 394 g/mol. The van der Waals surface area contributed by atoms with Crippen molar-refractivity contribution in [1.82, 2.24) is 0 Å². The summed E-state index contributed by atoms with van der Waals surface area (Å²) in [6.07, 6.45) is 17.8. The van der Waals surface area contributed by atoms with Crippen molar-refractivity contribution in [2.75, 3.05) is 0 Å². The van der Waals surface area contributed by atoms with Crippen molar-refractivity contribution in [3.05, 3.63) is 35.5 Å². The Morgan fingerprint density at radius 3 is 2.45 bits per heavy atom. The van der Waals surface area contributed by atoms with Crippen LogP contribution in [-0.2, 0) is 4.79 Å². The summed E-state index contributed by atoms with van der Waals surface area (Å²) < 4.78 is 0.